The summed E-state index contributed by atoms with van der Waals surface area (Å²) in [6, 6.07) is 11.0. The van der Waals surface area contributed by atoms with E-state index in [1.807, 2.05) is 45.9 Å². The van der Waals surface area contributed by atoms with Gasteiger partial charge in [-0.2, -0.15) is 0 Å². The second-order valence-electron chi connectivity index (χ2n) is 6.95. The van der Waals surface area contributed by atoms with E-state index in [9.17, 15) is 14.4 Å². The standard InChI is InChI=1S/C22H26N2O4/c1-13-7-6-8-18(11-13)22(27)23-12-19(25)28-17(5)21(26)24-20-15(3)9-14(2)10-16(20)4/h6-11,17H,12H2,1-5H3,(H,23,27)(H,24,26)/t17-/m0/s1. The molecule has 2 rings (SSSR count). The second-order valence-corrected chi connectivity index (χ2v) is 6.95. The molecule has 0 saturated heterocycles. The van der Waals surface area contributed by atoms with E-state index in [1.165, 1.54) is 6.92 Å². The van der Waals surface area contributed by atoms with Crippen molar-refractivity contribution in [3.8, 4) is 0 Å². The number of benzene rings is 2. The summed E-state index contributed by atoms with van der Waals surface area (Å²) < 4.78 is 5.13. The van der Waals surface area contributed by atoms with Crippen LogP contribution in [-0.4, -0.2) is 30.4 Å². The van der Waals surface area contributed by atoms with Crippen molar-refractivity contribution in [1.29, 1.82) is 0 Å². The summed E-state index contributed by atoms with van der Waals surface area (Å²) in [5, 5.41) is 5.30. The average Bonchev–Trinajstić information content (AvgIpc) is 2.62. The van der Waals surface area contributed by atoms with E-state index < -0.39 is 18.0 Å². The number of rotatable bonds is 6. The third kappa shape index (κ3) is 5.67. The molecule has 28 heavy (non-hydrogen) atoms. The molecule has 2 aromatic carbocycles. The van der Waals surface area contributed by atoms with Crippen molar-refractivity contribution >= 4 is 23.5 Å². The number of carbonyl (C=O) groups is 3. The van der Waals surface area contributed by atoms with Gasteiger partial charge in [-0.1, -0.05) is 35.4 Å². The quantitative estimate of drug-likeness (QED) is 0.752. The maximum Gasteiger partial charge on any atom is 0.326 e. The number of carbonyl (C=O) groups excluding carboxylic acids is 3. The molecule has 0 radical (unpaired) electrons. The smallest absolute Gasteiger partial charge is 0.326 e. The molecule has 0 aliphatic heterocycles. The van der Waals surface area contributed by atoms with Gasteiger partial charge < -0.3 is 15.4 Å². The predicted octanol–water partition coefficient (Wildman–Crippen LogP) is 3.22. The van der Waals surface area contributed by atoms with Gasteiger partial charge in [-0.25, -0.2) is 0 Å². The van der Waals surface area contributed by atoms with Crippen molar-refractivity contribution in [1.82, 2.24) is 5.32 Å². The van der Waals surface area contributed by atoms with E-state index in [-0.39, 0.29) is 12.5 Å². The Labute approximate surface area is 165 Å². The molecule has 0 bridgehead atoms. The Morgan fingerprint density at radius 1 is 0.964 bits per heavy atom. The zero-order valence-electron chi connectivity index (χ0n) is 16.9. The van der Waals surface area contributed by atoms with Crippen molar-refractivity contribution in [2.45, 2.75) is 40.7 Å². The minimum Gasteiger partial charge on any atom is -0.451 e. The minimum atomic E-state index is -0.983. The molecular weight excluding hydrogens is 356 g/mol. The Kier molecular flexibility index (Phi) is 6.93. The van der Waals surface area contributed by atoms with Crippen molar-refractivity contribution in [3.05, 3.63) is 64.2 Å². The Balaban J connectivity index is 1.88. The normalized spacial score (nSPS) is 11.5. The fraction of sp³-hybridized carbons (Fsp3) is 0.318. The van der Waals surface area contributed by atoms with Crippen molar-refractivity contribution in [2.24, 2.45) is 0 Å². The molecule has 0 heterocycles. The maximum atomic E-state index is 12.4. The highest BCUT2D eigenvalue weighted by Gasteiger charge is 2.20. The molecule has 2 amide bonds. The molecule has 148 valence electrons. The molecule has 0 spiro atoms. The first kappa shape index (κ1) is 21.2. The lowest BCUT2D eigenvalue weighted by atomic mass is 10.0. The Morgan fingerprint density at radius 2 is 1.61 bits per heavy atom. The average molecular weight is 382 g/mol. The molecule has 0 aromatic heterocycles. The van der Waals surface area contributed by atoms with Gasteiger partial charge in [0.1, 0.15) is 6.54 Å². The third-order valence-electron chi connectivity index (χ3n) is 4.28. The van der Waals surface area contributed by atoms with Crippen LogP contribution >= 0.6 is 0 Å². The van der Waals surface area contributed by atoms with E-state index >= 15 is 0 Å². The molecule has 6 heteroatoms. The maximum absolute atomic E-state index is 12.4. The van der Waals surface area contributed by atoms with Gasteiger partial charge in [0.25, 0.3) is 11.8 Å². The van der Waals surface area contributed by atoms with Gasteiger partial charge in [0.15, 0.2) is 6.10 Å². The van der Waals surface area contributed by atoms with Crippen LogP contribution in [0.2, 0.25) is 0 Å². The van der Waals surface area contributed by atoms with Crippen molar-refractivity contribution < 1.29 is 19.1 Å². The van der Waals surface area contributed by atoms with Crippen LogP contribution in [0.3, 0.4) is 0 Å². The summed E-state index contributed by atoms with van der Waals surface area (Å²) in [6.45, 7) is 8.87. The fourth-order valence-corrected chi connectivity index (χ4v) is 2.94. The summed E-state index contributed by atoms with van der Waals surface area (Å²) in [7, 11) is 0. The van der Waals surface area contributed by atoms with E-state index in [4.69, 9.17) is 4.74 Å². The number of hydrogen-bond donors (Lipinski definition) is 2. The molecule has 2 aromatic rings. The molecule has 6 nitrogen and oxygen atoms in total. The molecule has 1 atom stereocenters. The number of ether oxygens (including phenoxy) is 1. The molecule has 0 aliphatic carbocycles. The van der Waals surface area contributed by atoms with Crippen LogP contribution in [0.4, 0.5) is 5.69 Å². The highest BCUT2D eigenvalue weighted by molar-refractivity contribution is 5.98. The number of nitrogens with one attached hydrogen (secondary N) is 2. The van der Waals surface area contributed by atoms with Crippen LogP contribution < -0.4 is 10.6 Å². The van der Waals surface area contributed by atoms with Gasteiger partial charge in [0.05, 0.1) is 0 Å². The van der Waals surface area contributed by atoms with Gasteiger partial charge >= 0.3 is 5.97 Å². The van der Waals surface area contributed by atoms with Crippen LogP contribution in [-0.2, 0) is 14.3 Å². The van der Waals surface area contributed by atoms with Crippen molar-refractivity contribution in [2.75, 3.05) is 11.9 Å². The third-order valence-corrected chi connectivity index (χ3v) is 4.28. The fourth-order valence-electron chi connectivity index (χ4n) is 2.94. The van der Waals surface area contributed by atoms with Gasteiger partial charge in [0, 0.05) is 11.3 Å². The largest absolute Gasteiger partial charge is 0.451 e. The van der Waals surface area contributed by atoms with Crippen LogP contribution in [0.15, 0.2) is 36.4 Å². The molecular formula is C22H26N2O4. The van der Waals surface area contributed by atoms with E-state index in [0.29, 0.717) is 11.3 Å². The molecule has 0 aliphatic rings. The Hall–Kier alpha value is -3.15. The number of esters is 1. The first-order chi connectivity index (χ1) is 13.2. The Bertz CT molecular complexity index is 882. The van der Waals surface area contributed by atoms with Gasteiger partial charge in [-0.15, -0.1) is 0 Å². The number of aryl methyl sites for hydroxylation is 4. The summed E-state index contributed by atoms with van der Waals surface area (Å²) in [5.41, 5.74) is 5.11. The van der Waals surface area contributed by atoms with Crippen molar-refractivity contribution in [3.63, 3.8) is 0 Å². The topological polar surface area (TPSA) is 84.5 Å². The van der Waals surface area contributed by atoms with Gasteiger partial charge in [-0.05, 0) is 57.9 Å². The van der Waals surface area contributed by atoms with Gasteiger partial charge in [-0.3, -0.25) is 14.4 Å². The lowest BCUT2D eigenvalue weighted by Gasteiger charge is -2.17. The molecule has 0 saturated carbocycles. The zero-order chi connectivity index (χ0) is 20.8. The van der Waals surface area contributed by atoms with Gasteiger partial charge in [0.2, 0.25) is 0 Å². The predicted molar refractivity (Wildman–Crippen MR) is 108 cm³/mol. The molecule has 0 unspecified atom stereocenters. The van der Waals surface area contributed by atoms with Crippen LogP contribution in [0.5, 0.6) is 0 Å². The highest BCUT2D eigenvalue weighted by Crippen LogP contribution is 2.22. The lowest BCUT2D eigenvalue weighted by Crippen LogP contribution is -2.36. The minimum absolute atomic E-state index is 0.313. The summed E-state index contributed by atoms with van der Waals surface area (Å²) in [4.78, 5) is 36.4. The highest BCUT2D eigenvalue weighted by atomic mass is 16.5. The molecule has 2 N–H and O–H groups in total. The van der Waals surface area contributed by atoms with Crippen LogP contribution in [0.25, 0.3) is 0 Å². The number of anilines is 1. The number of hydrogen-bond acceptors (Lipinski definition) is 4. The first-order valence-electron chi connectivity index (χ1n) is 9.10. The van der Waals surface area contributed by atoms with E-state index in [2.05, 4.69) is 10.6 Å². The zero-order valence-corrected chi connectivity index (χ0v) is 16.9. The SMILES string of the molecule is Cc1cccc(C(=O)NCC(=O)O[C@@H](C)C(=O)Nc2c(C)cc(C)cc2C)c1. The summed E-state index contributed by atoms with van der Waals surface area (Å²) in [5.74, 6) is -1.47. The lowest BCUT2D eigenvalue weighted by molar-refractivity contribution is -0.152. The van der Waals surface area contributed by atoms with Crippen LogP contribution in [0.1, 0.15) is 39.5 Å². The summed E-state index contributed by atoms with van der Waals surface area (Å²) >= 11 is 0. The Morgan fingerprint density at radius 3 is 2.21 bits per heavy atom. The number of amides is 2. The first-order valence-corrected chi connectivity index (χ1v) is 9.10. The van der Waals surface area contributed by atoms with Crippen LogP contribution in [0, 0.1) is 27.7 Å². The molecule has 0 fully saturated rings. The van der Waals surface area contributed by atoms with E-state index in [0.717, 1.165) is 22.3 Å². The van der Waals surface area contributed by atoms with E-state index in [1.54, 1.807) is 18.2 Å². The monoisotopic (exact) mass is 382 g/mol. The second kappa shape index (κ2) is 9.17. The summed E-state index contributed by atoms with van der Waals surface area (Å²) in [6.07, 6.45) is -0.983.